The minimum Gasteiger partial charge on any atom is -0.444 e. The minimum atomic E-state index is -0.870. The Labute approximate surface area is 171 Å². The maximum atomic E-state index is 12.9. The number of nitrogens with one attached hydrogen (secondary N) is 2. The lowest BCUT2D eigenvalue weighted by atomic mass is 10.0. The van der Waals surface area contributed by atoms with Gasteiger partial charge in [0, 0.05) is 6.42 Å². The van der Waals surface area contributed by atoms with Crippen LogP contribution in [0, 0.1) is 0 Å². The van der Waals surface area contributed by atoms with Crippen molar-refractivity contribution < 1.29 is 19.1 Å². The van der Waals surface area contributed by atoms with Gasteiger partial charge in [0.25, 0.3) is 0 Å². The van der Waals surface area contributed by atoms with Gasteiger partial charge in [-0.3, -0.25) is 4.79 Å². The molecule has 0 bridgehead atoms. The van der Waals surface area contributed by atoms with Crippen LogP contribution in [-0.2, 0) is 27.2 Å². The molecule has 6 nitrogen and oxygen atoms in total. The molecule has 0 heterocycles. The summed E-state index contributed by atoms with van der Waals surface area (Å²) in [5.41, 5.74) is 1.13. The number of rotatable bonds is 8. The topological polar surface area (TPSA) is 84.5 Å². The number of carbonyl (C=O) groups excluding carboxylic acids is 3. The van der Waals surface area contributed by atoms with E-state index >= 15 is 0 Å². The number of alkyl carbamates (subject to hydrolysis) is 1. The van der Waals surface area contributed by atoms with E-state index in [-0.39, 0.29) is 6.42 Å². The zero-order valence-corrected chi connectivity index (χ0v) is 17.1. The summed E-state index contributed by atoms with van der Waals surface area (Å²) >= 11 is 0. The molecule has 0 fully saturated rings. The number of carbonyl (C=O) groups is 3. The van der Waals surface area contributed by atoms with Crippen molar-refractivity contribution in [3.8, 4) is 0 Å². The average Bonchev–Trinajstić information content (AvgIpc) is 2.67. The van der Waals surface area contributed by atoms with Crippen molar-refractivity contribution >= 4 is 18.3 Å². The van der Waals surface area contributed by atoms with Gasteiger partial charge < -0.3 is 20.2 Å². The average molecular weight is 396 g/mol. The first-order valence-electron chi connectivity index (χ1n) is 9.60. The molecule has 2 amide bonds. The SMILES string of the molecule is CC(C)(C)OC(=O)N[C@@H](Cc1ccccc1)C(=O)N[C@H](C=O)Cc1ccccc1. The Balaban J connectivity index is 2.09. The van der Waals surface area contributed by atoms with E-state index < -0.39 is 29.7 Å². The molecule has 0 unspecified atom stereocenters. The molecule has 0 saturated heterocycles. The van der Waals surface area contributed by atoms with Crippen molar-refractivity contribution in [2.45, 2.75) is 51.3 Å². The lowest BCUT2D eigenvalue weighted by Crippen LogP contribution is -2.52. The van der Waals surface area contributed by atoms with E-state index in [9.17, 15) is 14.4 Å². The van der Waals surface area contributed by atoms with E-state index in [4.69, 9.17) is 4.74 Å². The fraction of sp³-hybridized carbons (Fsp3) is 0.348. The summed E-state index contributed by atoms with van der Waals surface area (Å²) in [6.45, 7) is 5.25. The number of aldehydes is 1. The van der Waals surface area contributed by atoms with Crippen LogP contribution in [0.1, 0.15) is 31.9 Å². The monoisotopic (exact) mass is 396 g/mol. The van der Waals surface area contributed by atoms with Gasteiger partial charge in [0.2, 0.25) is 5.91 Å². The van der Waals surface area contributed by atoms with E-state index in [0.29, 0.717) is 12.7 Å². The van der Waals surface area contributed by atoms with E-state index in [1.165, 1.54) is 0 Å². The van der Waals surface area contributed by atoms with Gasteiger partial charge in [-0.15, -0.1) is 0 Å². The molecule has 0 aliphatic heterocycles. The van der Waals surface area contributed by atoms with Gasteiger partial charge in [-0.2, -0.15) is 0 Å². The normalized spacial score (nSPS) is 13.1. The molecular formula is C23H28N2O4. The van der Waals surface area contributed by atoms with Crippen LogP contribution in [0.15, 0.2) is 60.7 Å². The van der Waals surface area contributed by atoms with Crippen molar-refractivity contribution in [2.24, 2.45) is 0 Å². The van der Waals surface area contributed by atoms with E-state index in [1.54, 1.807) is 20.8 Å². The number of amides is 2. The van der Waals surface area contributed by atoms with Gasteiger partial charge >= 0.3 is 6.09 Å². The quantitative estimate of drug-likeness (QED) is 0.672. The van der Waals surface area contributed by atoms with Gasteiger partial charge in [0.15, 0.2) is 0 Å². The summed E-state index contributed by atoms with van der Waals surface area (Å²) in [5.74, 6) is -0.437. The fourth-order valence-corrected chi connectivity index (χ4v) is 2.79. The van der Waals surface area contributed by atoms with Crippen LogP contribution in [0.5, 0.6) is 0 Å². The molecule has 2 atom stereocenters. The maximum Gasteiger partial charge on any atom is 0.408 e. The van der Waals surface area contributed by atoms with Crippen molar-refractivity contribution in [2.75, 3.05) is 0 Å². The predicted molar refractivity (Wildman–Crippen MR) is 111 cm³/mol. The fourth-order valence-electron chi connectivity index (χ4n) is 2.79. The Morgan fingerprint density at radius 2 is 1.41 bits per heavy atom. The molecule has 6 heteroatoms. The molecule has 2 aromatic rings. The summed E-state index contributed by atoms with van der Waals surface area (Å²) in [6, 6.07) is 17.2. The van der Waals surface area contributed by atoms with Gasteiger partial charge in [-0.25, -0.2) is 4.79 Å². The van der Waals surface area contributed by atoms with E-state index in [0.717, 1.165) is 11.1 Å². The molecule has 0 saturated carbocycles. The number of ether oxygens (including phenoxy) is 1. The van der Waals surface area contributed by atoms with Crippen LogP contribution in [0.2, 0.25) is 0 Å². The van der Waals surface area contributed by atoms with Crippen LogP contribution in [0.4, 0.5) is 4.79 Å². The Bertz CT molecular complexity index is 801. The highest BCUT2D eigenvalue weighted by Crippen LogP contribution is 2.09. The maximum absolute atomic E-state index is 12.9. The second-order valence-electron chi connectivity index (χ2n) is 7.83. The van der Waals surface area contributed by atoms with Gasteiger partial charge in [0.05, 0.1) is 6.04 Å². The molecule has 2 N–H and O–H groups in total. The van der Waals surface area contributed by atoms with Crippen LogP contribution < -0.4 is 10.6 Å². The van der Waals surface area contributed by atoms with Crippen molar-refractivity contribution in [3.63, 3.8) is 0 Å². The molecular weight excluding hydrogens is 368 g/mol. The number of hydrogen-bond donors (Lipinski definition) is 2. The van der Waals surface area contributed by atoms with Crippen LogP contribution in [0.3, 0.4) is 0 Å². The lowest BCUT2D eigenvalue weighted by molar-refractivity contribution is -0.125. The second kappa shape index (κ2) is 10.4. The Morgan fingerprint density at radius 3 is 1.90 bits per heavy atom. The van der Waals surface area contributed by atoms with Crippen molar-refractivity contribution in [1.82, 2.24) is 10.6 Å². The van der Waals surface area contributed by atoms with Gasteiger partial charge in [-0.1, -0.05) is 60.7 Å². The third-order valence-electron chi connectivity index (χ3n) is 4.08. The third-order valence-corrected chi connectivity index (χ3v) is 4.08. The highest BCUT2D eigenvalue weighted by Gasteiger charge is 2.26. The zero-order valence-electron chi connectivity index (χ0n) is 17.1. The molecule has 0 aliphatic rings. The molecule has 2 rings (SSSR count). The highest BCUT2D eigenvalue weighted by molar-refractivity contribution is 5.88. The first-order valence-corrected chi connectivity index (χ1v) is 9.60. The Morgan fingerprint density at radius 1 is 0.897 bits per heavy atom. The smallest absolute Gasteiger partial charge is 0.408 e. The summed E-state index contributed by atoms with van der Waals surface area (Å²) in [5, 5.41) is 5.35. The van der Waals surface area contributed by atoms with Crippen molar-refractivity contribution in [3.05, 3.63) is 71.8 Å². The van der Waals surface area contributed by atoms with Crippen LogP contribution in [0.25, 0.3) is 0 Å². The summed E-state index contributed by atoms with van der Waals surface area (Å²) < 4.78 is 5.28. The summed E-state index contributed by atoms with van der Waals surface area (Å²) in [4.78, 5) is 36.6. The van der Waals surface area contributed by atoms with Gasteiger partial charge in [0.1, 0.15) is 17.9 Å². The molecule has 0 spiro atoms. The van der Waals surface area contributed by atoms with Gasteiger partial charge in [-0.05, 0) is 38.3 Å². The van der Waals surface area contributed by atoms with Crippen LogP contribution in [-0.4, -0.2) is 36.0 Å². The molecule has 0 radical (unpaired) electrons. The predicted octanol–water partition coefficient (Wildman–Crippen LogP) is 3.05. The summed E-state index contributed by atoms with van der Waals surface area (Å²) in [6.07, 6.45) is 0.681. The zero-order chi connectivity index (χ0) is 21.3. The molecule has 0 aromatic heterocycles. The number of benzene rings is 2. The van der Waals surface area contributed by atoms with Crippen molar-refractivity contribution in [1.29, 1.82) is 0 Å². The number of hydrogen-bond acceptors (Lipinski definition) is 4. The standard InChI is InChI=1S/C23H28N2O4/c1-23(2,3)29-22(28)25-20(15-18-12-8-5-9-13-18)21(27)24-19(16-26)14-17-10-6-4-7-11-17/h4-13,16,19-20H,14-15H2,1-3H3,(H,24,27)(H,25,28)/t19-,20-/m0/s1. The first-order chi connectivity index (χ1) is 13.8. The van der Waals surface area contributed by atoms with E-state index in [2.05, 4.69) is 10.6 Å². The lowest BCUT2D eigenvalue weighted by Gasteiger charge is -2.24. The minimum absolute atomic E-state index is 0.281. The first kappa shape index (κ1) is 22.1. The summed E-state index contributed by atoms with van der Waals surface area (Å²) in [7, 11) is 0. The van der Waals surface area contributed by atoms with Crippen LogP contribution >= 0.6 is 0 Å². The third kappa shape index (κ3) is 8.17. The Hall–Kier alpha value is -3.15. The Kier molecular flexibility index (Phi) is 7.95. The molecule has 0 aliphatic carbocycles. The molecule has 29 heavy (non-hydrogen) atoms. The largest absolute Gasteiger partial charge is 0.444 e. The second-order valence-corrected chi connectivity index (χ2v) is 7.83. The van der Waals surface area contributed by atoms with E-state index in [1.807, 2.05) is 60.7 Å². The highest BCUT2D eigenvalue weighted by atomic mass is 16.6. The molecule has 154 valence electrons. The molecule has 2 aromatic carbocycles.